The first-order valence-corrected chi connectivity index (χ1v) is 5.72. The van der Waals surface area contributed by atoms with E-state index in [1.54, 1.807) is 6.92 Å². The van der Waals surface area contributed by atoms with Crippen molar-refractivity contribution >= 4 is 5.97 Å². The fraction of sp³-hybridized carbons (Fsp3) is 0.462. The van der Waals surface area contributed by atoms with Gasteiger partial charge < -0.3 is 10.4 Å². The van der Waals surface area contributed by atoms with Gasteiger partial charge in [-0.15, -0.1) is 0 Å². The van der Waals surface area contributed by atoms with Crippen molar-refractivity contribution in [1.82, 2.24) is 5.32 Å². The Morgan fingerprint density at radius 2 is 2.38 bits per heavy atom. The summed E-state index contributed by atoms with van der Waals surface area (Å²) in [6.45, 7) is 3.79. The first kappa shape index (κ1) is 11.1. The fourth-order valence-corrected chi connectivity index (χ4v) is 2.16. The van der Waals surface area contributed by atoms with Crippen LogP contribution in [0, 0.1) is 0 Å². The lowest BCUT2D eigenvalue weighted by molar-refractivity contribution is -0.138. The van der Waals surface area contributed by atoms with Crippen LogP contribution in [0.3, 0.4) is 0 Å². The average Bonchev–Trinajstić information content (AvgIpc) is 2.81. The number of carboxylic acids is 1. The highest BCUT2D eigenvalue weighted by atomic mass is 16.4. The zero-order valence-corrected chi connectivity index (χ0v) is 9.44. The Hall–Kier alpha value is -1.35. The molecule has 3 nitrogen and oxygen atoms in total. The number of rotatable bonds is 3. The van der Waals surface area contributed by atoms with Crippen molar-refractivity contribution < 1.29 is 9.90 Å². The summed E-state index contributed by atoms with van der Waals surface area (Å²) >= 11 is 0. The molecule has 16 heavy (non-hydrogen) atoms. The van der Waals surface area contributed by atoms with Gasteiger partial charge in [0, 0.05) is 6.54 Å². The number of hydrogen-bond donors (Lipinski definition) is 2. The molecule has 2 atom stereocenters. The number of hydrogen-bond acceptors (Lipinski definition) is 2. The topological polar surface area (TPSA) is 49.3 Å². The van der Waals surface area contributed by atoms with Gasteiger partial charge >= 0.3 is 5.97 Å². The van der Waals surface area contributed by atoms with Gasteiger partial charge in [-0.25, -0.2) is 0 Å². The molecule has 1 aliphatic heterocycles. The monoisotopic (exact) mass is 219 g/mol. The van der Waals surface area contributed by atoms with Crippen molar-refractivity contribution in [2.75, 3.05) is 13.1 Å². The van der Waals surface area contributed by atoms with E-state index in [1.807, 2.05) is 18.2 Å². The molecule has 86 valence electrons. The predicted octanol–water partition coefficient (Wildman–Crippen LogP) is 1.95. The molecule has 0 amide bonds. The minimum Gasteiger partial charge on any atom is -0.481 e. The van der Waals surface area contributed by atoms with Crippen molar-refractivity contribution in [1.29, 1.82) is 0 Å². The lowest BCUT2D eigenvalue weighted by Crippen LogP contribution is -2.10. The van der Waals surface area contributed by atoms with Crippen LogP contribution in [0.1, 0.15) is 36.3 Å². The Balaban J connectivity index is 2.21. The highest BCUT2D eigenvalue weighted by molar-refractivity contribution is 5.75. The molecule has 2 rings (SSSR count). The Labute approximate surface area is 95.5 Å². The summed E-state index contributed by atoms with van der Waals surface area (Å²) < 4.78 is 0. The molecule has 1 saturated heterocycles. The molecular weight excluding hydrogens is 202 g/mol. The second-order valence-corrected chi connectivity index (χ2v) is 4.42. The second kappa shape index (κ2) is 4.66. The SMILES string of the molecule is CC(C(=O)O)c1cccc(C2CCNC2)c1. The Bertz CT molecular complexity index is 383. The van der Waals surface area contributed by atoms with Crippen molar-refractivity contribution in [3.05, 3.63) is 35.4 Å². The zero-order chi connectivity index (χ0) is 11.5. The third-order valence-electron chi connectivity index (χ3n) is 3.31. The summed E-state index contributed by atoms with van der Waals surface area (Å²) in [6.07, 6.45) is 1.14. The van der Waals surface area contributed by atoms with Crippen LogP contribution in [-0.2, 0) is 4.79 Å². The largest absolute Gasteiger partial charge is 0.481 e. The molecule has 1 aliphatic rings. The Morgan fingerprint density at radius 3 is 3.00 bits per heavy atom. The van der Waals surface area contributed by atoms with Crippen molar-refractivity contribution in [3.8, 4) is 0 Å². The number of carboxylic acid groups (broad SMARTS) is 1. The van der Waals surface area contributed by atoms with E-state index in [0.29, 0.717) is 5.92 Å². The third kappa shape index (κ3) is 2.25. The lowest BCUT2D eigenvalue weighted by atomic mass is 9.93. The van der Waals surface area contributed by atoms with Crippen LogP contribution in [0.15, 0.2) is 24.3 Å². The van der Waals surface area contributed by atoms with Crippen LogP contribution in [0.2, 0.25) is 0 Å². The van der Waals surface area contributed by atoms with E-state index >= 15 is 0 Å². The van der Waals surface area contributed by atoms with E-state index in [9.17, 15) is 4.79 Å². The second-order valence-electron chi connectivity index (χ2n) is 4.42. The van der Waals surface area contributed by atoms with Gasteiger partial charge in [0.05, 0.1) is 5.92 Å². The maximum Gasteiger partial charge on any atom is 0.310 e. The number of nitrogens with one attached hydrogen (secondary N) is 1. The van der Waals surface area contributed by atoms with Gasteiger partial charge in [-0.05, 0) is 36.9 Å². The van der Waals surface area contributed by atoms with Gasteiger partial charge in [0.1, 0.15) is 0 Å². The molecule has 1 heterocycles. The lowest BCUT2D eigenvalue weighted by Gasteiger charge is -2.12. The van der Waals surface area contributed by atoms with Crippen molar-refractivity contribution in [3.63, 3.8) is 0 Å². The van der Waals surface area contributed by atoms with Crippen LogP contribution in [-0.4, -0.2) is 24.2 Å². The molecule has 0 aliphatic carbocycles. The molecule has 0 spiro atoms. The summed E-state index contributed by atoms with van der Waals surface area (Å²) in [6, 6.07) is 7.99. The molecule has 1 aromatic rings. The molecule has 3 heteroatoms. The van der Waals surface area contributed by atoms with E-state index in [0.717, 1.165) is 25.1 Å². The molecule has 2 unspecified atom stereocenters. The van der Waals surface area contributed by atoms with Gasteiger partial charge in [-0.2, -0.15) is 0 Å². The molecular formula is C13H17NO2. The van der Waals surface area contributed by atoms with E-state index < -0.39 is 11.9 Å². The number of aliphatic carboxylic acids is 1. The minimum atomic E-state index is -0.762. The Kier molecular flexibility index (Phi) is 3.25. The van der Waals surface area contributed by atoms with Gasteiger partial charge in [0.2, 0.25) is 0 Å². The van der Waals surface area contributed by atoms with Crippen LogP contribution in [0.25, 0.3) is 0 Å². The van der Waals surface area contributed by atoms with Crippen molar-refractivity contribution in [2.24, 2.45) is 0 Å². The maximum atomic E-state index is 10.9. The number of benzene rings is 1. The standard InChI is InChI=1S/C13H17NO2/c1-9(13(15)16)10-3-2-4-11(7-10)12-5-6-14-8-12/h2-4,7,9,12,14H,5-6,8H2,1H3,(H,15,16). The van der Waals surface area contributed by atoms with Crippen molar-refractivity contribution in [2.45, 2.75) is 25.2 Å². The summed E-state index contributed by atoms with van der Waals surface area (Å²) in [5, 5.41) is 12.3. The molecule has 0 bridgehead atoms. The highest BCUT2D eigenvalue weighted by Gasteiger charge is 2.19. The van der Waals surface area contributed by atoms with E-state index in [1.165, 1.54) is 5.56 Å². The van der Waals surface area contributed by atoms with Crippen LogP contribution < -0.4 is 5.32 Å². The minimum absolute atomic E-state index is 0.422. The summed E-state index contributed by atoms with van der Waals surface area (Å²) in [5.74, 6) is -0.642. The molecule has 1 aromatic carbocycles. The first-order chi connectivity index (χ1) is 7.68. The van der Waals surface area contributed by atoms with Crippen LogP contribution in [0.4, 0.5) is 0 Å². The molecule has 1 fully saturated rings. The first-order valence-electron chi connectivity index (χ1n) is 5.72. The van der Waals surface area contributed by atoms with Gasteiger partial charge in [-0.3, -0.25) is 4.79 Å². The summed E-state index contributed by atoms with van der Waals surface area (Å²) in [7, 11) is 0. The zero-order valence-electron chi connectivity index (χ0n) is 9.44. The van der Waals surface area contributed by atoms with Gasteiger partial charge in [0.15, 0.2) is 0 Å². The van der Waals surface area contributed by atoms with Crippen LogP contribution in [0.5, 0.6) is 0 Å². The van der Waals surface area contributed by atoms with E-state index in [2.05, 4.69) is 11.4 Å². The normalized spacial score (nSPS) is 21.9. The highest BCUT2D eigenvalue weighted by Crippen LogP contribution is 2.25. The van der Waals surface area contributed by atoms with E-state index in [-0.39, 0.29) is 0 Å². The predicted molar refractivity (Wildman–Crippen MR) is 62.7 cm³/mol. The number of carbonyl (C=O) groups is 1. The quantitative estimate of drug-likeness (QED) is 0.817. The van der Waals surface area contributed by atoms with Gasteiger partial charge in [-0.1, -0.05) is 24.3 Å². The fourth-order valence-electron chi connectivity index (χ4n) is 2.16. The van der Waals surface area contributed by atoms with E-state index in [4.69, 9.17) is 5.11 Å². The summed E-state index contributed by atoms with van der Waals surface area (Å²) in [4.78, 5) is 10.9. The maximum absolute atomic E-state index is 10.9. The molecule has 0 radical (unpaired) electrons. The van der Waals surface area contributed by atoms with Gasteiger partial charge in [0.25, 0.3) is 0 Å². The average molecular weight is 219 g/mol. The molecule has 2 N–H and O–H groups in total. The van der Waals surface area contributed by atoms with Crippen LogP contribution >= 0.6 is 0 Å². The third-order valence-corrected chi connectivity index (χ3v) is 3.31. The molecule has 0 saturated carbocycles. The molecule has 0 aromatic heterocycles. The summed E-state index contributed by atoms with van der Waals surface area (Å²) in [5.41, 5.74) is 2.16. The smallest absolute Gasteiger partial charge is 0.310 e. The Morgan fingerprint density at radius 1 is 1.56 bits per heavy atom.